The fraction of sp³-hybridized carbons (Fsp3) is 0.333. The molecular weight excluding hydrogens is 319 g/mol. The first kappa shape index (κ1) is 15.6. The van der Waals surface area contributed by atoms with E-state index in [9.17, 15) is 0 Å². The van der Waals surface area contributed by atoms with Gasteiger partial charge in [0.15, 0.2) is 0 Å². The first-order valence-corrected chi connectivity index (χ1v) is 10.3. The fourth-order valence-electron chi connectivity index (χ4n) is 5.19. The number of hydrogen-bond donors (Lipinski definition) is 0. The van der Waals surface area contributed by atoms with Crippen molar-refractivity contribution in [2.45, 2.75) is 44.2 Å². The van der Waals surface area contributed by atoms with Crippen molar-refractivity contribution in [3.05, 3.63) is 60.2 Å². The minimum Gasteiger partial charge on any atom is -0.134 e. The molecule has 0 spiro atoms. The molecule has 0 nitrogen and oxygen atoms in total. The topological polar surface area (TPSA) is 0 Å². The Balaban J connectivity index is 1.76. The highest BCUT2D eigenvalue weighted by atomic mass is 31.0. The van der Waals surface area contributed by atoms with Crippen LogP contribution in [0.1, 0.15) is 44.1 Å². The molecule has 4 unspecified atom stereocenters. The first-order valence-electron chi connectivity index (χ1n) is 9.66. The zero-order chi connectivity index (χ0) is 17.0. The molecule has 4 aromatic carbocycles. The third kappa shape index (κ3) is 2.38. The van der Waals surface area contributed by atoms with E-state index in [-0.39, 0.29) is 0 Å². The van der Waals surface area contributed by atoms with E-state index in [2.05, 4.69) is 70.8 Å². The molecule has 0 N–H and O–H groups in total. The molecule has 1 aliphatic carbocycles. The molecule has 1 fully saturated rings. The van der Waals surface area contributed by atoms with Crippen LogP contribution in [0.15, 0.2) is 54.6 Å². The van der Waals surface area contributed by atoms with Crippen LogP contribution in [0.4, 0.5) is 0 Å². The Hall–Kier alpha value is -1.65. The Morgan fingerprint density at radius 1 is 0.800 bits per heavy atom. The Morgan fingerprint density at radius 3 is 2.20 bits per heavy atom. The van der Waals surface area contributed by atoms with Crippen LogP contribution < -0.4 is 0 Å². The standard InChI is InChI=1S/C24H25P/c1-15(20-7-2-3-8-22(20)25)19-13-11-18-10-9-16-5-4-6-17-12-14-21(19)24(18)23(16)17/h4-6,9-15,20,22H,2-3,7-8,25H2,1H3. The maximum absolute atomic E-state index is 3.14. The summed E-state index contributed by atoms with van der Waals surface area (Å²) in [4.78, 5) is 0. The van der Waals surface area contributed by atoms with E-state index in [1.807, 2.05) is 0 Å². The van der Waals surface area contributed by atoms with Gasteiger partial charge in [-0.15, -0.1) is 9.24 Å². The lowest BCUT2D eigenvalue weighted by Crippen LogP contribution is -2.24. The zero-order valence-electron chi connectivity index (χ0n) is 14.8. The monoisotopic (exact) mass is 344 g/mol. The summed E-state index contributed by atoms with van der Waals surface area (Å²) in [7, 11) is 3.14. The Morgan fingerprint density at radius 2 is 1.44 bits per heavy atom. The second-order valence-corrected chi connectivity index (χ2v) is 8.77. The zero-order valence-corrected chi connectivity index (χ0v) is 16.0. The number of rotatable bonds is 2. The summed E-state index contributed by atoms with van der Waals surface area (Å²) in [6, 6.07) is 20.7. The van der Waals surface area contributed by atoms with Crippen LogP contribution >= 0.6 is 9.24 Å². The molecule has 0 amide bonds. The third-order valence-electron chi connectivity index (χ3n) is 6.57. The molecule has 0 aromatic heterocycles. The van der Waals surface area contributed by atoms with E-state index in [1.54, 1.807) is 5.56 Å². The van der Waals surface area contributed by atoms with E-state index in [0.717, 1.165) is 11.6 Å². The molecule has 4 atom stereocenters. The third-order valence-corrected chi connectivity index (χ3v) is 7.40. The van der Waals surface area contributed by atoms with Gasteiger partial charge in [0.2, 0.25) is 0 Å². The van der Waals surface area contributed by atoms with Crippen LogP contribution in [-0.2, 0) is 0 Å². The molecule has 25 heavy (non-hydrogen) atoms. The van der Waals surface area contributed by atoms with Crippen LogP contribution in [0, 0.1) is 5.92 Å². The summed E-state index contributed by atoms with van der Waals surface area (Å²) in [6.07, 6.45) is 5.53. The molecule has 0 radical (unpaired) electrons. The quantitative estimate of drug-likeness (QED) is 0.268. The summed E-state index contributed by atoms with van der Waals surface area (Å²) in [5, 5.41) is 8.48. The minimum atomic E-state index is 0.618. The van der Waals surface area contributed by atoms with Crippen LogP contribution in [0.5, 0.6) is 0 Å². The molecule has 0 saturated heterocycles. The first-order chi connectivity index (χ1) is 12.2. The molecule has 126 valence electrons. The van der Waals surface area contributed by atoms with Gasteiger partial charge >= 0.3 is 0 Å². The largest absolute Gasteiger partial charge is 0.134 e. The minimum absolute atomic E-state index is 0.618. The van der Waals surface area contributed by atoms with E-state index < -0.39 is 0 Å². The van der Waals surface area contributed by atoms with Gasteiger partial charge in [0, 0.05) is 0 Å². The summed E-state index contributed by atoms with van der Waals surface area (Å²) >= 11 is 0. The summed E-state index contributed by atoms with van der Waals surface area (Å²) in [5.74, 6) is 1.41. The second kappa shape index (κ2) is 5.96. The molecule has 1 saturated carbocycles. The average Bonchev–Trinajstić information content (AvgIpc) is 2.66. The molecule has 0 bridgehead atoms. The molecule has 4 aromatic rings. The number of benzene rings is 4. The van der Waals surface area contributed by atoms with Crippen molar-refractivity contribution >= 4 is 41.6 Å². The van der Waals surface area contributed by atoms with Gasteiger partial charge in [0.1, 0.15) is 0 Å². The van der Waals surface area contributed by atoms with E-state index >= 15 is 0 Å². The van der Waals surface area contributed by atoms with Gasteiger partial charge in [-0.3, -0.25) is 0 Å². The van der Waals surface area contributed by atoms with Crippen LogP contribution in [-0.4, -0.2) is 5.66 Å². The second-order valence-electron chi connectivity index (χ2n) is 7.91. The molecule has 0 aliphatic heterocycles. The van der Waals surface area contributed by atoms with Crippen molar-refractivity contribution in [2.75, 3.05) is 0 Å². The summed E-state index contributed by atoms with van der Waals surface area (Å²) in [6.45, 7) is 2.46. The van der Waals surface area contributed by atoms with Crippen molar-refractivity contribution < 1.29 is 0 Å². The van der Waals surface area contributed by atoms with Crippen molar-refractivity contribution in [3.63, 3.8) is 0 Å². The molecule has 5 rings (SSSR count). The van der Waals surface area contributed by atoms with Gasteiger partial charge in [-0.1, -0.05) is 74.4 Å². The SMILES string of the molecule is CC(c1ccc2ccc3cccc4ccc1c2c34)C1CCCCC1P. The number of hydrogen-bond acceptors (Lipinski definition) is 0. The van der Waals surface area contributed by atoms with Gasteiger partial charge in [-0.05, 0) is 68.2 Å². The smallest absolute Gasteiger partial charge is 0.00239 e. The Bertz CT molecular complexity index is 1030. The fourth-order valence-corrected chi connectivity index (χ4v) is 5.96. The van der Waals surface area contributed by atoms with E-state index in [1.165, 1.54) is 58.0 Å². The maximum Gasteiger partial charge on any atom is -0.00239 e. The van der Waals surface area contributed by atoms with Crippen LogP contribution in [0.25, 0.3) is 32.3 Å². The lowest BCUT2D eigenvalue weighted by atomic mass is 9.75. The molecule has 1 heteroatoms. The summed E-state index contributed by atoms with van der Waals surface area (Å²) in [5.41, 5.74) is 2.31. The van der Waals surface area contributed by atoms with E-state index in [4.69, 9.17) is 0 Å². The Labute approximate surface area is 152 Å². The van der Waals surface area contributed by atoms with Gasteiger partial charge in [0.25, 0.3) is 0 Å². The van der Waals surface area contributed by atoms with Crippen LogP contribution in [0.2, 0.25) is 0 Å². The molecule has 0 heterocycles. The van der Waals surface area contributed by atoms with E-state index in [0.29, 0.717) is 5.92 Å². The highest BCUT2D eigenvalue weighted by Crippen LogP contribution is 2.44. The Kier molecular flexibility index (Phi) is 3.72. The lowest BCUT2D eigenvalue weighted by molar-refractivity contribution is 0.327. The van der Waals surface area contributed by atoms with Gasteiger partial charge in [-0.2, -0.15) is 0 Å². The average molecular weight is 344 g/mol. The molecular formula is C24H25P. The predicted molar refractivity (Wildman–Crippen MR) is 114 cm³/mol. The molecule has 1 aliphatic rings. The predicted octanol–water partition coefficient (Wildman–Crippen LogP) is 7.12. The van der Waals surface area contributed by atoms with Crippen molar-refractivity contribution in [2.24, 2.45) is 5.92 Å². The van der Waals surface area contributed by atoms with Crippen molar-refractivity contribution in [1.29, 1.82) is 0 Å². The van der Waals surface area contributed by atoms with Crippen molar-refractivity contribution in [3.8, 4) is 0 Å². The van der Waals surface area contributed by atoms with Crippen molar-refractivity contribution in [1.82, 2.24) is 0 Å². The normalized spacial score (nSPS) is 22.8. The highest BCUT2D eigenvalue weighted by Gasteiger charge is 2.28. The maximum atomic E-state index is 3.14. The lowest BCUT2D eigenvalue weighted by Gasteiger charge is -2.34. The van der Waals surface area contributed by atoms with Crippen LogP contribution in [0.3, 0.4) is 0 Å². The highest BCUT2D eigenvalue weighted by molar-refractivity contribution is 7.17. The van der Waals surface area contributed by atoms with Gasteiger partial charge < -0.3 is 0 Å². The summed E-state index contributed by atoms with van der Waals surface area (Å²) < 4.78 is 0. The van der Waals surface area contributed by atoms with Gasteiger partial charge in [-0.25, -0.2) is 0 Å². The van der Waals surface area contributed by atoms with Gasteiger partial charge in [0.05, 0.1) is 0 Å².